The van der Waals surface area contributed by atoms with E-state index in [0.717, 1.165) is 12.0 Å². The van der Waals surface area contributed by atoms with Crippen LogP contribution in [0.2, 0.25) is 0 Å². The van der Waals surface area contributed by atoms with Gasteiger partial charge in [-0.3, -0.25) is 9.59 Å². The van der Waals surface area contributed by atoms with E-state index in [1.165, 1.54) is 6.26 Å². The molecule has 1 heterocycles. The molecule has 0 aliphatic rings. The predicted octanol–water partition coefficient (Wildman–Crippen LogP) is 2.34. The first-order valence-electron chi connectivity index (χ1n) is 7.05. The van der Waals surface area contributed by atoms with E-state index < -0.39 is 0 Å². The summed E-state index contributed by atoms with van der Waals surface area (Å²) in [6.45, 7) is 2.91. The quantitative estimate of drug-likeness (QED) is 0.705. The molecule has 0 bridgehead atoms. The smallest absolute Gasteiger partial charge is 0.291 e. The molecule has 2 amide bonds. The summed E-state index contributed by atoms with van der Waals surface area (Å²) < 4.78 is 5.05. The van der Waals surface area contributed by atoms with Crippen molar-refractivity contribution >= 4 is 29.9 Å². The normalized spacial score (nSPS) is 9.83. The highest BCUT2D eigenvalue weighted by Crippen LogP contribution is 2.18. The van der Waals surface area contributed by atoms with Crippen molar-refractivity contribution in [3.05, 3.63) is 53.5 Å². The Morgan fingerprint density at radius 3 is 2.65 bits per heavy atom. The monoisotopic (exact) mass is 337 g/mol. The Morgan fingerprint density at radius 2 is 2.00 bits per heavy atom. The van der Waals surface area contributed by atoms with Crippen LogP contribution in [0.3, 0.4) is 0 Å². The lowest BCUT2D eigenvalue weighted by atomic mass is 10.1. The summed E-state index contributed by atoms with van der Waals surface area (Å²) in [5.74, 6) is -0.326. The number of benzene rings is 1. The molecule has 0 unspecified atom stereocenters. The summed E-state index contributed by atoms with van der Waals surface area (Å²) in [6, 6.07) is 8.37. The topological polar surface area (TPSA) is 97.4 Å². The minimum atomic E-state index is -0.353. The van der Waals surface area contributed by atoms with Gasteiger partial charge in [0.25, 0.3) is 11.8 Å². The predicted molar refractivity (Wildman–Crippen MR) is 91.1 cm³/mol. The number of halogens is 1. The standard InChI is InChI=1S/C16H19N3O3.ClH/c1-11-5-6-12(15(20)18-8-3-7-17)10-13(11)19-16(21)14-4-2-9-22-14;/h2,4-6,9-10H,3,7-8,17H2,1H3,(H,18,20)(H,19,21);1H. The zero-order chi connectivity index (χ0) is 15.9. The van der Waals surface area contributed by atoms with Gasteiger partial charge in [-0.25, -0.2) is 0 Å². The summed E-state index contributed by atoms with van der Waals surface area (Å²) in [7, 11) is 0. The third kappa shape index (κ3) is 5.12. The van der Waals surface area contributed by atoms with Gasteiger partial charge in [0, 0.05) is 17.8 Å². The number of hydrogen-bond donors (Lipinski definition) is 3. The van der Waals surface area contributed by atoms with E-state index in [1.54, 1.807) is 30.3 Å². The molecule has 0 spiro atoms. The molecule has 0 aliphatic carbocycles. The molecular formula is C16H20ClN3O3. The van der Waals surface area contributed by atoms with Gasteiger partial charge in [-0.05, 0) is 49.7 Å². The van der Waals surface area contributed by atoms with Crippen LogP contribution in [0.5, 0.6) is 0 Å². The highest BCUT2D eigenvalue weighted by atomic mass is 35.5. The van der Waals surface area contributed by atoms with Crippen LogP contribution in [0.25, 0.3) is 0 Å². The second-order valence-corrected chi connectivity index (χ2v) is 4.86. The van der Waals surface area contributed by atoms with E-state index in [9.17, 15) is 9.59 Å². The maximum absolute atomic E-state index is 12.0. The highest BCUT2D eigenvalue weighted by Gasteiger charge is 2.12. The number of amides is 2. The Hall–Kier alpha value is -2.31. The maximum atomic E-state index is 12.0. The molecule has 7 heteroatoms. The molecule has 6 nitrogen and oxygen atoms in total. The molecule has 0 atom stereocenters. The number of hydrogen-bond acceptors (Lipinski definition) is 4. The zero-order valence-corrected chi connectivity index (χ0v) is 13.6. The molecule has 0 fully saturated rings. The van der Waals surface area contributed by atoms with E-state index in [1.807, 2.05) is 6.92 Å². The SMILES string of the molecule is Cc1ccc(C(=O)NCCCN)cc1NC(=O)c1ccco1.Cl. The summed E-state index contributed by atoms with van der Waals surface area (Å²) in [4.78, 5) is 24.0. The number of aryl methyl sites for hydroxylation is 1. The lowest BCUT2D eigenvalue weighted by Gasteiger charge is -2.10. The molecule has 0 aliphatic heterocycles. The lowest BCUT2D eigenvalue weighted by molar-refractivity contribution is 0.0951. The molecule has 0 radical (unpaired) electrons. The number of furan rings is 1. The first kappa shape index (κ1) is 18.7. The van der Waals surface area contributed by atoms with Crippen molar-refractivity contribution in [3.63, 3.8) is 0 Å². The van der Waals surface area contributed by atoms with Crippen LogP contribution in [0.1, 0.15) is 32.9 Å². The number of nitrogens with one attached hydrogen (secondary N) is 2. The molecule has 1 aromatic carbocycles. The van der Waals surface area contributed by atoms with Gasteiger partial charge in [0.2, 0.25) is 0 Å². The van der Waals surface area contributed by atoms with E-state index in [0.29, 0.717) is 24.3 Å². The van der Waals surface area contributed by atoms with Crippen molar-refractivity contribution in [1.29, 1.82) is 0 Å². The average Bonchev–Trinajstić information content (AvgIpc) is 3.04. The van der Waals surface area contributed by atoms with E-state index in [4.69, 9.17) is 10.2 Å². The zero-order valence-electron chi connectivity index (χ0n) is 12.8. The summed E-state index contributed by atoms with van der Waals surface area (Å²) in [5.41, 5.74) is 7.31. The summed E-state index contributed by atoms with van der Waals surface area (Å²) in [6.07, 6.45) is 2.16. The number of anilines is 1. The van der Waals surface area contributed by atoms with Crippen molar-refractivity contribution in [2.75, 3.05) is 18.4 Å². The maximum Gasteiger partial charge on any atom is 0.291 e. The molecule has 0 saturated heterocycles. The van der Waals surface area contributed by atoms with Crippen molar-refractivity contribution in [3.8, 4) is 0 Å². The van der Waals surface area contributed by atoms with Crippen LogP contribution < -0.4 is 16.4 Å². The van der Waals surface area contributed by atoms with Crippen LogP contribution in [0, 0.1) is 6.92 Å². The van der Waals surface area contributed by atoms with Crippen LogP contribution in [0.15, 0.2) is 41.0 Å². The van der Waals surface area contributed by atoms with Gasteiger partial charge in [0.15, 0.2) is 5.76 Å². The minimum Gasteiger partial charge on any atom is -0.459 e. The Balaban J connectivity index is 0.00000264. The lowest BCUT2D eigenvalue weighted by Crippen LogP contribution is -2.26. The second-order valence-electron chi connectivity index (χ2n) is 4.86. The number of carbonyl (C=O) groups is 2. The van der Waals surface area contributed by atoms with Crippen LogP contribution >= 0.6 is 12.4 Å². The van der Waals surface area contributed by atoms with E-state index in [-0.39, 0.29) is 30.0 Å². The van der Waals surface area contributed by atoms with Crippen LogP contribution in [0.4, 0.5) is 5.69 Å². The van der Waals surface area contributed by atoms with Gasteiger partial charge < -0.3 is 20.8 Å². The fourth-order valence-electron chi connectivity index (χ4n) is 1.90. The highest BCUT2D eigenvalue weighted by molar-refractivity contribution is 6.03. The van der Waals surface area contributed by atoms with Crippen LogP contribution in [-0.2, 0) is 0 Å². The largest absolute Gasteiger partial charge is 0.459 e. The fraction of sp³-hybridized carbons (Fsp3) is 0.250. The van der Waals surface area contributed by atoms with Crippen molar-refractivity contribution in [1.82, 2.24) is 5.32 Å². The Morgan fingerprint density at radius 1 is 1.22 bits per heavy atom. The molecule has 2 rings (SSSR count). The van der Waals surface area contributed by atoms with Gasteiger partial charge in [-0.2, -0.15) is 0 Å². The van der Waals surface area contributed by atoms with E-state index >= 15 is 0 Å². The van der Waals surface area contributed by atoms with Crippen LogP contribution in [-0.4, -0.2) is 24.9 Å². The van der Waals surface area contributed by atoms with Gasteiger partial charge in [0.05, 0.1) is 6.26 Å². The molecule has 23 heavy (non-hydrogen) atoms. The van der Waals surface area contributed by atoms with Gasteiger partial charge in [0.1, 0.15) is 0 Å². The molecule has 124 valence electrons. The summed E-state index contributed by atoms with van der Waals surface area (Å²) >= 11 is 0. The number of carbonyl (C=O) groups excluding carboxylic acids is 2. The summed E-state index contributed by atoms with van der Waals surface area (Å²) in [5, 5.41) is 5.52. The van der Waals surface area contributed by atoms with Crippen molar-refractivity contribution in [2.45, 2.75) is 13.3 Å². The Kier molecular flexibility index (Phi) is 7.31. The average molecular weight is 338 g/mol. The molecule has 1 aromatic heterocycles. The van der Waals surface area contributed by atoms with Crippen molar-refractivity contribution in [2.24, 2.45) is 5.73 Å². The third-order valence-corrected chi connectivity index (χ3v) is 3.16. The first-order valence-corrected chi connectivity index (χ1v) is 7.05. The molecular weight excluding hydrogens is 318 g/mol. The number of rotatable bonds is 6. The van der Waals surface area contributed by atoms with Crippen molar-refractivity contribution < 1.29 is 14.0 Å². The molecule has 4 N–H and O–H groups in total. The van der Waals surface area contributed by atoms with Gasteiger partial charge >= 0.3 is 0 Å². The minimum absolute atomic E-state index is 0. The Labute approximate surface area is 140 Å². The third-order valence-electron chi connectivity index (χ3n) is 3.16. The van der Waals surface area contributed by atoms with Gasteiger partial charge in [-0.1, -0.05) is 6.07 Å². The van der Waals surface area contributed by atoms with Gasteiger partial charge in [-0.15, -0.1) is 12.4 Å². The van der Waals surface area contributed by atoms with E-state index in [2.05, 4.69) is 10.6 Å². The Bertz CT molecular complexity index is 657. The fourth-order valence-corrected chi connectivity index (χ4v) is 1.90. The molecule has 0 saturated carbocycles. The first-order chi connectivity index (χ1) is 10.6. The second kappa shape index (κ2) is 8.97. The number of nitrogens with two attached hydrogens (primary N) is 1. The molecule has 2 aromatic rings.